The summed E-state index contributed by atoms with van der Waals surface area (Å²) in [6.45, 7) is 4.64. The van der Waals surface area contributed by atoms with Gasteiger partial charge < -0.3 is 5.32 Å². The highest BCUT2D eigenvalue weighted by Crippen LogP contribution is 2.15. The van der Waals surface area contributed by atoms with Gasteiger partial charge in [0.15, 0.2) is 0 Å². The number of aromatic amines is 1. The number of H-pyrrole nitrogens is 1. The number of amides is 1. The van der Waals surface area contributed by atoms with Crippen molar-refractivity contribution in [3.63, 3.8) is 0 Å². The number of hydrogen-bond acceptors (Lipinski definition) is 2. The summed E-state index contributed by atoms with van der Waals surface area (Å²) in [4.78, 5) is 12.0. The fourth-order valence-corrected chi connectivity index (χ4v) is 2.69. The summed E-state index contributed by atoms with van der Waals surface area (Å²) in [5, 5.41) is 9.84. The summed E-state index contributed by atoms with van der Waals surface area (Å²) >= 11 is 3.41. The second kappa shape index (κ2) is 6.70. The van der Waals surface area contributed by atoms with E-state index in [0.29, 0.717) is 12.1 Å². The van der Waals surface area contributed by atoms with Gasteiger partial charge in [-0.3, -0.25) is 9.89 Å². The van der Waals surface area contributed by atoms with Crippen LogP contribution in [0.3, 0.4) is 0 Å². The Hall–Kier alpha value is -1.62. The average Bonchev–Trinajstić information content (AvgIpc) is 2.79. The number of nitrogens with one attached hydrogen (secondary N) is 2. The van der Waals surface area contributed by atoms with Crippen LogP contribution in [0.5, 0.6) is 0 Å². The molecule has 1 aromatic heterocycles. The maximum Gasteiger partial charge on any atom is 0.251 e. The zero-order chi connectivity index (χ0) is 14.5. The van der Waals surface area contributed by atoms with Gasteiger partial charge in [-0.25, -0.2) is 0 Å². The van der Waals surface area contributed by atoms with Gasteiger partial charge in [0.1, 0.15) is 0 Å². The zero-order valence-electron chi connectivity index (χ0n) is 11.7. The number of halogens is 1. The van der Waals surface area contributed by atoms with Crippen molar-refractivity contribution >= 4 is 21.8 Å². The number of nitrogens with zero attached hydrogens (tertiary/aromatic N) is 1. The topological polar surface area (TPSA) is 57.8 Å². The van der Waals surface area contributed by atoms with Crippen molar-refractivity contribution in [1.82, 2.24) is 15.5 Å². The Bertz CT molecular complexity index is 587. The van der Waals surface area contributed by atoms with E-state index in [-0.39, 0.29) is 5.91 Å². The number of hydrogen-bond donors (Lipinski definition) is 2. The highest BCUT2D eigenvalue weighted by molar-refractivity contribution is 9.10. The molecule has 2 rings (SSSR count). The van der Waals surface area contributed by atoms with Crippen LogP contribution in [0, 0.1) is 13.8 Å². The molecule has 0 unspecified atom stereocenters. The summed E-state index contributed by atoms with van der Waals surface area (Å²) in [7, 11) is 0. The number of aromatic nitrogens is 2. The predicted octanol–water partition coefficient (Wildman–Crippen LogP) is 3.15. The molecule has 0 fully saturated rings. The largest absolute Gasteiger partial charge is 0.352 e. The van der Waals surface area contributed by atoms with Gasteiger partial charge in [0.2, 0.25) is 0 Å². The summed E-state index contributed by atoms with van der Waals surface area (Å²) in [5.41, 5.74) is 4.06. The average molecular weight is 336 g/mol. The Morgan fingerprint density at radius 3 is 2.80 bits per heavy atom. The van der Waals surface area contributed by atoms with E-state index in [2.05, 4.69) is 31.4 Å². The molecule has 0 atom stereocenters. The van der Waals surface area contributed by atoms with Crippen LogP contribution in [0.1, 0.15) is 33.6 Å². The molecular formula is C15H18BrN3O. The van der Waals surface area contributed by atoms with Gasteiger partial charge in [0.25, 0.3) is 5.91 Å². The van der Waals surface area contributed by atoms with Crippen LogP contribution in [0.15, 0.2) is 28.9 Å². The van der Waals surface area contributed by atoms with Gasteiger partial charge >= 0.3 is 0 Å². The quantitative estimate of drug-likeness (QED) is 0.824. The van der Waals surface area contributed by atoms with Crippen molar-refractivity contribution in [2.45, 2.75) is 26.7 Å². The molecule has 0 radical (unpaired) electrons. The summed E-state index contributed by atoms with van der Waals surface area (Å²) in [6.07, 6.45) is 3.66. The molecule has 0 spiro atoms. The Kier molecular flexibility index (Phi) is 4.95. The Morgan fingerprint density at radius 2 is 2.15 bits per heavy atom. The van der Waals surface area contributed by atoms with Crippen LogP contribution in [-0.2, 0) is 6.42 Å². The van der Waals surface area contributed by atoms with Crippen molar-refractivity contribution in [2.24, 2.45) is 0 Å². The van der Waals surface area contributed by atoms with Gasteiger partial charge in [-0.1, -0.05) is 15.9 Å². The van der Waals surface area contributed by atoms with Gasteiger partial charge in [0, 0.05) is 22.3 Å². The number of carbonyl (C=O) groups excluding carboxylic acids is 1. The molecule has 20 heavy (non-hydrogen) atoms. The number of aryl methyl sites for hydroxylation is 3. The van der Waals surface area contributed by atoms with Gasteiger partial charge in [0.05, 0.1) is 6.20 Å². The highest BCUT2D eigenvalue weighted by Gasteiger charge is 2.07. The van der Waals surface area contributed by atoms with E-state index >= 15 is 0 Å². The van der Waals surface area contributed by atoms with Crippen molar-refractivity contribution in [2.75, 3.05) is 6.54 Å². The van der Waals surface area contributed by atoms with Crippen molar-refractivity contribution < 1.29 is 4.79 Å². The zero-order valence-corrected chi connectivity index (χ0v) is 13.3. The minimum absolute atomic E-state index is 0.0293. The van der Waals surface area contributed by atoms with Gasteiger partial charge in [-0.15, -0.1) is 0 Å². The number of carbonyl (C=O) groups is 1. The van der Waals surface area contributed by atoms with Crippen molar-refractivity contribution in [1.29, 1.82) is 0 Å². The third-order valence-electron chi connectivity index (χ3n) is 3.15. The van der Waals surface area contributed by atoms with E-state index in [9.17, 15) is 4.79 Å². The summed E-state index contributed by atoms with van der Waals surface area (Å²) in [6, 6.07) is 5.71. The van der Waals surface area contributed by atoms with Crippen molar-refractivity contribution in [3.8, 4) is 0 Å². The first-order valence-corrected chi connectivity index (χ1v) is 7.40. The minimum Gasteiger partial charge on any atom is -0.352 e. The van der Waals surface area contributed by atoms with Crippen molar-refractivity contribution in [3.05, 3.63) is 51.3 Å². The maximum atomic E-state index is 12.0. The standard InChI is InChI=1S/C15H18BrN3O/c1-10-6-13(8-14(16)7-10)15(20)17-5-3-4-12-9-18-19-11(12)2/h6-9H,3-5H2,1-2H3,(H,17,20)(H,18,19). The molecule has 0 aliphatic carbocycles. The predicted molar refractivity (Wildman–Crippen MR) is 82.9 cm³/mol. The lowest BCUT2D eigenvalue weighted by Crippen LogP contribution is -2.24. The van der Waals surface area contributed by atoms with E-state index in [1.807, 2.05) is 38.2 Å². The third-order valence-corrected chi connectivity index (χ3v) is 3.60. The highest BCUT2D eigenvalue weighted by atomic mass is 79.9. The minimum atomic E-state index is -0.0293. The van der Waals surface area contributed by atoms with Crippen LogP contribution in [0.2, 0.25) is 0 Å². The normalized spacial score (nSPS) is 10.6. The molecule has 1 heterocycles. The first kappa shape index (κ1) is 14.8. The van der Waals surface area contributed by atoms with Crippen LogP contribution < -0.4 is 5.32 Å². The SMILES string of the molecule is Cc1cc(Br)cc(C(=O)NCCCc2cn[nH]c2C)c1. The summed E-state index contributed by atoms with van der Waals surface area (Å²) in [5.74, 6) is -0.0293. The van der Waals surface area contributed by atoms with E-state index < -0.39 is 0 Å². The first-order chi connectivity index (χ1) is 9.56. The number of rotatable bonds is 5. The first-order valence-electron chi connectivity index (χ1n) is 6.60. The Labute approximate surface area is 127 Å². The lowest BCUT2D eigenvalue weighted by atomic mass is 10.1. The molecule has 0 bridgehead atoms. The van der Waals surface area contributed by atoms with Crippen LogP contribution in [0.4, 0.5) is 0 Å². The second-order valence-electron chi connectivity index (χ2n) is 4.90. The fraction of sp³-hybridized carbons (Fsp3) is 0.333. The maximum absolute atomic E-state index is 12.0. The van der Waals surface area contributed by atoms with Crippen LogP contribution in [-0.4, -0.2) is 22.6 Å². The molecule has 4 nitrogen and oxygen atoms in total. The van der Waals surface area contributed by atoms with Crippen LogP contribution in [0.25, 0.3) is 0 Å². The van der Waals surface area contributed by atoms with E-state index in [0.717, 1.165) is 28.6 Å². The van der Waals surface area contributed by atoms with Crippen LogP contribution >= 0.6 is 15.9 Å². The summed E-state index contributed by atoms with van der Waals surface area (Å²) < 4.78 is 0.927. The molecule has 1 amide bonds. The molecule has 0 aliphatic rings. The molecule has 0 aliphatic heterocycles. The smallest absolute Gasteiger partial charge is 0.251 e. The van der Waals surface area contributed by atoms with E-state index in [4.69, 9.17) is 0 Å². The molecule has 0 saturated heterocycles. The molecule has 0 saturated carbocycles. The second-order valence-corrected chi connectivity index (χ2v) is 5.81. The monoisotopic (exact) mass is 335 g/mol. The molecule has 1 aromatic carbocycles. The Morgan fingerprint density at radius 1 is 1.35 bits per heavy atom. The number of benzene rings is 1. The van der Waals surface area contributed by atoms with Gasteiger partial charge in [-0.2, -0.15) is 5.10 Å². The third kappa shape index (κ3) is 3.93. The van der Waals surface area contributed by atoms with E-state index in [1.165, 1.54) is 5.56 Å². The Balaban J connectivity index is 1.82. The van der Waals surface area contributed by atoms with E-state index in [1.54, 1.807) is 0 Å². The molecule has 2 aromatic rings. The molecule has 5 heteroatoms. The lowest BCUT2D eigenvalue weighted by molar-refractivity contribution is 0.0953. The molecule has 106 valence electrons. The van der Waals surface area contributed by atoms with Gasteiger partial charge in [-0.05, 0) is 56.0 Å². The lowest BCUT2D eigenvalue weighted by Gasteiger charge is -2.06. The fourth-order valence-electron chi connectivity index (χ4n) is 2.08. The molecule has 2 N–H and O–H groups in total. The molecular weight excluding hydrogens is 318 g/mol.